The van der Waals surface area contributed by atoms with Gasteiger partial charge in [-0.2, -0.15) is 13.2 Å². The van der Waals surface area contributed by atoms with E-state index in [0.29, 0.717) is 0 Å². The zero-order valence-electron chi connectivity index (χ0n) is 12.1. The topological polar surface area (TPSA) is 40.9 Å². The van der Waals surface area contributed by atoms with E-state index in [1.54, 1.807) is 0 Å². The molecule has 3 rings (SSSR count). The third-order valence-corrected chi connectivity index (χ3v) is 4.16. The highest BCUT2D eigenvalue weighted by molar-refractivity contribution is 6.17. The summed E-state index contributed by atoms with van der Waals surface area (Å²) in [5.41, 5.74) is 0.466. The fraction of sp³-hybridized carbons (Fsp3) is 0.222. The van der Waals surface area contributed by atoms with Crippen LogP contribution < -0.4 is 0 Å². The maximum absolute atomic E-state index is 12.9. The SMILES string of the molecule is N=C1C(c2ccccc2)CC(=O)C1c1cccc(C(F)(F)F)c1. The van der Waals surface area contributed by atoms with Crippen molar-refractivity contribution in [2.75, 3.05) is 0 Å². The summed E-state index contributed by atoms with van der Waals surface area (Å²) >= 11 is 0. The third-order valence-electron chi connectivity index (χ3n) is 4.16. The minimum absolute atomic E-state index is 0.157. The van der Waals surface area contributed by atoms with Crippen molar-refractivity contribution < 1.29 is 18.0 Å². The molecule has 1 fully saturated rings. The molecule has 0 amide bonds. The summed E-state index contributed by atoms with van der Waals surface area (Å²) in [7, 11) is 0. The van der Waals surface area contributed by atoms with Crippen LogP contribution in [0.2, 0.25) is 0 Å². The first-order chi connectivity index (χ1) is 10.9. The molecule has 2 atom stereocenters. The van der Waals surface area contributed by atoms with Crippen molar-refractivity contribution in [2.24, 2.45) is 0 Å². The Bertz CT molecular complexity index is 752. The van der Waals surface area contributed by atoms with Gasteiger partial charge in [0.05, 0.1) is 11.5 Å². The number of benzene rings is 2. The molecule has 0 aromatic heterocycles. The minimum atomic E-state index is -4.46. The number of carbonyl (C=O) groups is 1. The maximum Gasteiger partial charge on any atom is 0.416 e. The number of Topliss-reactive ketones (excluding diaryl/α,β-unsaturated/α-hetero) is 1. The highest BCUT2D eigenvalue weighted by Gasteiger charge is 2.40. The molecule has 2 aromatic rings. The summed E-state index contributed by atoms with van der Waals surface area (Å²) in [6.07, 6.45) is -4.30. The average Bonchev–Trinajstić information content (AvgIpc) is 2.82. The fourth-order valence-corrected chi connectivity index (χ4v) is 3.05. The van der Waals surface area contributed by atoms with Gasteiger partial charge in [-0.15, -0.1) is 0 Å². The summed E-state index contributed by atoms with van der Waals surface area (Å²) in [6.45, 7) is 0. The van der Waals surface area contributed by atoms with E-state index in [2.05, 4.69) is 0 Å². The van der Waals surface area contributed by atoms with Crippen LogP contribution in [0.3, 0.4) is 0 Å². The number of carbonyl (C=O) groups excluding carboxylic acids is 1. The Morgan fingerprint density at radius 2 is 1.61 bits per heavy atom. The molecule has 2 unspecified atom stereocenters. The van der Waals surface area contributed by atoms with Gasteiger partial charge in [0.1, 0.15) is 5.78 Å². The van der Waals surface area contributed by atoms with Crippen LogP contribution >= 0.6 is 0 Å². The van der Waals surface area contributed by atoms with Gasteiger partial charge in [0.25, 0.3) is 0 Å². The van der Waals surface area contributed by atoms with Crippen LogP contribution in [0.25, 0.3) is 0 Å². The molecule has 118 valence electrons. The summed E-state index contributed by atoms with van der Waals surface area (Å²) in [5, 5.41) is 8.29. The highest BCUT2D eigenvalue weighted by atomic mass is 19.4. The van der Waals surface area contributed by atoms with Gasteiger partial charge in [-0.1, -0.05) is 48.5 Å². The molecular formula is C18H14F3NO. The van der Waals surface area contributed by atoms with Crippen molar-refractivity contribution in [3.63, 3.8) is 0 Å². The van der Waals surface area contributed by atoms with Crippen LogP contribution in [0.5, 0.6) is 0 Å². The number of rotatable bonds is 2. The first-order valence-corrected chi connectivity index (χ1v) is 7.21. The lowest BCUT2D eigenvalue weighted by Gasteiger charge is -2.15. The second-order valence-corrected chi connectivity index (χ2v) is 5.65. The lowest BCUT2D eigenvalue weighted by molar-refractivity contribution is -0.137. The van der Waals surface area contributed by atoms with E-state index in [1.807, 2.05) is 30.3 Å². The molecule has 2 aromatic carbocycles. The zero-order valence-corrected chi connectivity index (χ0v) is 12.1. The van der Waals surface area contributed by atoms with Crippen molar-refractivity contribution in [1.82, 2.24) is 0 Å². The Morgan fingerprint density at radius 1 is 0.957 bits per heavy atom. The van der Waals surface area contributed by atoms with E-state index in [0.717, 1.165) is 17.7 Å². The van der Waals surface area contributed by atoms with E-state index >= 15 is 0 Å². The standard InChI is InChI=1S/C18H14F3NO/c19-18(20,21)13-8-4-7-12(9-13)16-15(23)10-14(17(16)22)11-5-2-1-3-6-11/h1-9,14,16,22H,10H2. The predicted octanol–water partition coefficient (Wildman–Crippen LogP) is 4.57. The van der Waals surface area contributed by atoms with E-state index in [4.69, 9.17) is 5.41 Å². The Morgan fingerprint density at radius 3 is 2.26 bits per heavy atom. The molecule has 1 saturated carbocycles. The smallest absolute Gasteiger partial charge is 0.308 e. The number of alkyl halides is 3. The summed E-state index contributed by atoms with van der Waals surface area (Å²) in [5.74, 6) is -1.45. The van der Waals surface area contributed by atoms with Crippen molar-refractivity contribution in [1.29, 1.82) is 5.41 Å². The van der Waals surface area contributed by atoms with E-state index in [1.165, 1.54) is 12.1 Å². The minimum Gasteiger partial charge on any atom is -0.308 e. The van der Waals surface area contributed by atoms with Crippen LogP contribution in [-0.4, -0.2) is 11.5 Å². The summed E-state index contributed by atoms with van der Waals surface area (Å²) < 4.78 is 38.6. The maximum atomic E-state index is 12.9. The second-order valence-electron chi connectivity index (χ2n) is 5.65. The number of nitrogens with one attached hydrogen (secondary N) is 1. The van der Waals surface area contributed by atoms with Crippen LogP contribution in [0.1, 0.15) is 34.9 Å². The van der Waals surface area contributed by atoms with Crippen molar-refractivity contribution >= 4 is 11.5 Å². The van der Waals surface area contributed by atoms with Crippen molar-refractivity contribution in [3.8, 4) is 0 Å². The summed E-state index contributed by atoms with van der Waals surface area (Å²) in [4.78, 5) is 12.3. The fourth-order valence-electron chi connectivity index (χ4n) is 3.05. The predicted molar refractivity (Wildman–Crippen MR) is 80.7 cm³/mol. The van der Waals surface area contributed by atoms with Gasteiger partial charge >= 0.3 is 6.18 Å². The quantitative estimate of drug-likeness (QED) is 0.866. The molecule has 0 saturated heterocycles. The second kappa shape index (κ2) is 5.65. The lowest BCUT2D eigenvalue weighted by Crippen LogP contribution is -2.15. The molecule has 0 bridgehead atoms. The van der Waals surface area contributed by atoms with Crippen LogP contribution in [0.4, 0.5) is 13.2 Å². The first-order valence-electron chi connectivity index (χ1n) is 7.21. The Labute approximate surface area is 131 Å². The number of hydrogen-bond donors (Lipinski definition) is 1. The van der Waals surface area contributed by atoms with Gasteiger partial charge in [0.15, 0.2) is 0 Å². The van der Waals surface area contributed by atoms with Crippen LogP contribution in [0, 0.1) is 5.41 Å². The molecule has 5 heteroatoms. The van der Waals surface area contributed by atoms with E-state index < -0.39 is 17.7 Å². The summed E-state index contributed by atoms with van der Waals surface area (Å²) in [6, 6.07) is 13.9. The highest BCUT2D eigenvalue weighted by Crippen LogP contribution is 2.40. The van der Waals surface area contributed by atoms with Gasteiger partial charge < -0.3 is 5.41 Å². The molecule has 1 aliphatic rings. The Hall–Kier alpha value is -2.43. The van der Waals surface area contributed by atoms with E-state index in [9.17, 15) is 18.0 Å². The largest absolute Gasteiger partial charge is 0.416 e. The zero-order chi connectivity index (χ0) is 16.6. The van der Waals surface area contributed by atoms with E-state index in [-0.39, 0.29) is 29.4 Å². The van der Waals surface area contributed by atoms with Gasteiger partial charge in [-0.05, 0) is 17.2 Å². The molecule has 2 nitrogen and oxygen atoms in total. The molecule has 0 radical (unpaired) electrons. The molecule has 0 aliphatic heterocycles. The van der Waals surface area contributed by atoms with Gasteiger partial charge in [0.2, 0.25) is 0 Å². The van der Waals surface area contributed by atoms with Gasteiger partial charge in [0, 0.05) is 18.1 Å². The first kappa shape index (κ1) is 15.5. The normalized spacial score (nSPS) is 21.7. The number of ketones is 1. The Balaban J connectivity index is 1.95. The Kier molecular flexibility index (Phi) is 3.80. The van der Waals surface area contributed by atoms with Crippen molar-refractivity contribution in [3.05, 3.63) is 71.3 Å². The van der Waals surface area contributed by atoms with Gasteiger partial charge in [-0.25, -0.2) is 0 Å². The molecular weight excluding hydrogens is 303 g/mol. The lowest BCUT2D eigenvalue weighted by atomic mass is 9.90. The molecule has 0 spiro atoms. The van der Waals surface area contributed by atoms with Crippen LogP contribution in [-0.2, 0) is 11.0 Å². The monoisotopic (exact) mass is 317 g/mol. The molecule has 23 heavy (non-hydrogen) atoms. The van der Waals surface area contributed by atoms with Crippen molar-refractivity contribution in [2.45, 2.75) is 24.4 Å². The molecule has 1 aliphatic carbocycles. The third kappa shape index (κ3) is 2.91. The number of halogens is 3. The van der Waals surface area contributed by atoms with Crippen LogP contribution in [0.15, 0.2) is 54.6 Å². The number of hydrogen-bond acceptors (Lipinski definition) is 2. The molecule has 1 N–H and O–H groups in total. The van der Waals surface area contributed by atoms with Gasteiger partial charge in [-0.3, -0.25) is 4.79 Å². The molecule has 0 heterocycles. The average molecular weight is 317 g/mol.